The van der Waals surface area contributed by atoms with E-state index in [0.29, 0.717) is 6.42 Å². The molecule has 0 heterocycles. The maximum atomic E-state index is 9.72. The SMILES string of the molecule is C/C=C(O)\C=C/CC=O.C=N.CC.CCCc1cccc(N(C)C)c1N(C)C. The number of nitrogens with zero attached hydrogens (tertiary/aromatic N) is 2. The summed E-state index contributed by atoms with van der Waals surface area (Å²) in [5.74, 6) is 0.192. The molecule has 0 saturated heterocycles. The summed E-state index contributed by atoms with van der Waals surface area (Å²) >= 11 is 0. The second kappa shape index (κ2) is 20.7. The molecule has 1 aromatic carbocycles. The largest absolute Gasteiger partial charge is 0.508 e. The van der Waals surface area contributed by atoms with Crippen LogP contribution < -0.4 is 9.80 Å². The van der Waals surface area contributed by atoms with Gasteiger partial charge >= 0.3 is 0 Å². The Bertz CT molecular complexity index is 565. The molecule has 1 aromatic rings. The summed E-state index contributed by atoms with van der Waals surface area (Å²) in [7, 11) is 8.42. The van der Waals surface area contributed by atoms with Crippen LogP contribution in [0.2, 0.25) is 0 Å². The number of hydrogen-bond donors (Lipinski definition) is 2. The van der Waals surface area contributed by atoms with E-state index in [1.807, 2.05) is 13.8 Å². The molecule has 0 bridgehead atoms. The van der Waals surface area contributed by atoms with E-state index in [1.165, 1.54) is 29.4 Å². The summed E-state index contributed by atoms with van der Waals surface area (Å²) in [6, 6.07) is 6.55. The highest BCUT2D eigenvalue weighted by atomic mass is 16.3. The molecule has 0 radical (unpaired) electrons. The van der Waals surface area contributed by atoms with Gasteiger partial charge in [-0.15, -0.1) is 0 Å². The molecule has 0 aliphatic carbocycles. The lowest BCUT2D eigenvalue weighted by atomic mass is 10.1. The minimum absolute atomic E-state index is 0.192. The van der Waals surface area contributed by atoms with E-state index in [2.05, 4.69) is 69.8 Å². The first-order chi connectivity index (χ1) is 13.4. The van der Waals surface area contributed by atoms with Crippen LogP contribution in [0.5, 0.6) is 0 Å². The molecule has 1 rings (SSSR count). The van der Waals surface area contributed by atoms with Crippen molar-refractivity contribution in [1.29, 1.82) is 5.41 Å². The van der Waals surface area contributed by atoms with Crippen molar-refractivity contribution >= 4 is 24.4 Å². The molecule has 2 N–H and O–H groups in total. The summed E-state index contributed by atoms with van der Waals surface area (Å²) in [6.45, 7) is 10.4. The molecule has 0 aliphatic rings. The van der Waals surface area contributed by atoms with E-state index in [1.54, 1.807) is 19.1 Å². The number of carbonyl (C=O) groups excluding carboxylic acids is 1. The molecule has 0 aliphatic heterocycles. The zero-order valence-electron chi connectivity index (χ0n) is 19.1. The number of aliphatic hydroxyl groups is 1. The summed E-state index contributed by atoms with van der Waals surface area (Å²) < 4.78 is 0. The van der Waals surface area contributed by atoms with Crippen LogP contribution in [0.4, 0.5) is 11.4 Å². The van der Waals surface area contributed by atoms with Gasteiger partial charge in [0.2, 0.25) is 0 Å². The van der Waals surface area contributed by atoms with Gasteiger partial charge in [0, 0.05) is 34.6 Å². The van der Waals surface area contributed by atoms with Crippen molar-refractivity contribution in [2.45, 2.75) is 47.0 Å². The van der Waals surface area contributed by atoms with Crippen molar-refractivity contribution < 1.29 is 9.90 Å². The third-order valence-electron chi connectivity index (χ3n) is 3.36. The van der Waals surface area contributed by atoms with Gasteiger partial charge in [0.1, 0.15) is 12.0 Å². The van der Waals surface area contributed by atoms with E-state index >= 15 is 0 Å². The van der Waals surface area contributed by atoms with Gasteiger partial charge in [-0.25, -0.2) is 0 Å². The van der Waals surface area contributed by atoms with Gasteiger partial charge in [0.05, 0.1) is 11.4 Å². The van der Waals surface area contributed by atoms with Crippen LogP contribution >= 0.6 is 0 Å². The molecule has 160 valence electrons. The van der Waals surface area contributed by atoms with Gasteiger partial charge in [-0.2, -0.15) is 0 Å². The lowest BCUT2D eigenvalue weighted by Gasteiger charge is -2.25. The second-order valence-corrected chi connectivity index (χ2v) is 5.84. The molecule has 28 heavy (non-hydrogen) atoms. The molecule has 0 atom stereocenters. The molecule has 0 amide bonds. The summed E-state index contributed by atoms with van der Waals surface area (Å²) in [5, 5.41) is 14.2. The van der Waals surface area contributed by atoms with Crippen molar-refractivity contribution in [2.75, 3.05) is 38.0 Å². The van der Waals surface area contributed by atoms with Gasteiger partial charge < -0.3 is 25.1 Å². The standard InChI is InChI=1S/C13H22N2.C7H10O2.C2H6.CH3N/c1-6-8-11-9-7-10-12(14(2)3)13(11)15(4)5;1-2-7(9)5-3-4-6-8;2*1-2/h7,9-10H,6,8H2,1-5H3;2-3,5-6,9H,4H2,1H3;1-2H3;2H,1H2/b;5-3-,7-2+;;. The molecule has 0 saturated carbocycles. The fourth-order valence-corrected chi connectivity index (χ4v) is 2.27. The van der Waals surface area contributed by atoms with E-state index in [9.17, 15) is 4.79 Å². The minimum atomic E-state index is 0.192. The molecule has 5 nitrogen and oxygen atoms in total. The van der Waals surface area contributed by atoms with E-state index in [4.69, 9.17) is 10.5 Å². The topological polar surface area (TPSA) is 67.6 Å². The van der Waals surface area contributed by atoms with Crippen LogP contribution in [0.15, 0.2) is 42.2 Å². The zero-order chi connectivity index (χ0) is 22.5. The average Bonchev–Trinajstić information content (AvgIpc) is 2.71. The lowest BCUT2D eigenvalue weighted by Crippen LogP contribution is -2.18. The van der Waals surface area contributed by atoms with Crippen molar-refractivity contribution in [1.82, 2.24) is 0 Å². The van der Waals surface area contributed by atoms with Gasteiger partial charge in [-0.3, -0.25) is 0 Å². The van der Waals surface area contributed by atoms with E-state index in [-0.39, 0.29) is 5.76 Å². The monoisotopic (exact) mass is 391 g/mol. The third kappa shape index (κ3) is 13.6. The van der Waals surface area contributed by atoms with Gasteiger partial charge in [-0.1, -0.05) is 45.4 Å². The number of hydrogen-bond acceptors (Lipinski definition) is 5. The zero-order valence-corrected chi connectivity index (χ0v) is 19.1. The molecule has 5 heteroatoms. The number of para-hydroxylation sites is 1. The Hall–Kier alpha value is -2.56. The van der Waals surface area contributed by atoms with Crippen molar-refractivity contribution in [3.63, 3.8) is 0 Å². The summed E-state index contributed by atoms with van der Waals surface area (Å²) in [4.78, 5) is 14.1. The second-order valence-electron chi connectivity index (χ2n) is 5.84. The van der Waals surface area contributed by atoms with Crippen LogP contribution in [0.3, 0.4) is 0 Å². The van der Waals surface area contributed by atoms with Crippen LogP contribution in [0.1, 0.15) is 46.1 Å². The molecule has 0 spiro atoms. The molecule has 0 aromatic heterocycles. The molecular formula is C23H41N3O2. The number of carbonyl (C=O) groups is 1. The van der Waals surface area contributed by atoms with Gasteiger partial charge in [0.25, 0.3) is 0 Å². The van der Waals surface area contributed by atoms with E-state index in [0.717, 1.165) is 12.7 Å². The van der Waals surface area contributed by atoms with Crippen LogP contribution in [-0.4, -0.2) is 46.3 Å². The van der Waals surface area contributed by atoms with Crippen LogP contribution in [0, 0.1) is 5.41 Å². The highest BCUT2D eigenvalue weighted by Gasteiger charge is 2.10. The Morgan fingerprint density at radius 2 is 1.71 bits per heavy atom. The fraction of sp³-hybridized carbons (Fsp3) is 0.478. The first kappa shape index (κ1) is 30.2. The predicted molar refractivity (Wildman–Crippen MR) is 126 cm³/mol. The Kier molecular flexibility index (Phi) is 22.4. The first-order valence-corrected chi connectivity index (χ1v) is 9.66. The predicted octanol–water partition coefficient (Wildman–Crippen LogP) is 5.66. The number of aliphatic hydroxyl groups excluding tert-OH is 1. The maximum absolute atomic E-state index is 9.72. The number of rotatable bonds is 7. The van der Waals surface area contributed by atoms with Crippen molar-refractivity contribution in [3.8, 4) is 0 Å². The van der Waals surface area contributed by atoms with Crippen LogP contribution in [0.25, 0.3) is 0 Å². The highest BCUT2D eigenvalue weighted by Crippen LogP contribution is 2.31. The van der Waals surface area contributed by atoms with Gasteiger partial charge in [0.15, 0.2) is 0 Å². The number of aryl methyl sites for hydroxylation is 1. The Morgan fingerprint density at radius 3 is 2.11 bits per heavy atom. The fourth-order valence-electron chi connectivity index (χ4n) is 2.27. The Labute approximate surface area is 172 Å². The average molecular weight is 392 g/mol. The summed E-state index contributed by atoms with van der Waals surface area (Å²) in [5.41, 5.74) is 4.09. The Balaban J connectivity index is -0.000000413. The molecule has 0 unspecified atom stereocenters. The number of allylic oxidation sites excluding steroid dienone is 3. The number of aldehydes is 1. The summed E-state index contributed by atoms with van der Waals surface area (Å²) in [6.07, 6.45) is 8.13. The Morgan fingerprint density at radius 1 is 1.14 bits per heavy atom. The quantitative estimate of drug-likeness (QED) is 0.272. The number of anilines is 2. The normalized spacial score (nSPS) is 9.79. The maximum Gasteiger partial charge on any atom is 0.123 e. The minimum Gasteiger partial charge on any atom is -0.508 e. The van der Waals surface area contributed by atoms with Crippen molar-refractivity contribution in [3.05, 3.63) is 47.7 Å². The highest BCUT2D eigenvalue weighted by molar-refractivity contribution is 5.74. The van der Waals surface area contributed by atoms with Gasteiger partial charge in [-0.05, 0) is 43.8 Å². The third-order valence-corrected chi connectivity index (χ3v) is 3.36. The van der Waals surface area contributed by atoms with Crippen LogP contribution in [-0.2, 0) is 11.2 Å². The number of nitrogens with one attached hydrogen (secondary N) is 1. The molecule has 0 fully saturated rings. The van der Waals surface area contributed by atoms with E-state index < -0.39 is 0 Å². The van der Waals surface area contributed by atoms with Crippen molar-refractivity contribution in [2.24, 2.45) is 0 Å². The lowest BCUT2D eigenvalue weighted by molar-refractivity contribution is -0.107. The number of benzene rings is 1. The first-order valence-electron chi connectivity index (χ1n) is 9.66. The smallest absolute Gasteiger partial charge is 0.123 e. The molecular weight excluding hydrogens is 350 g/mol.